The molecule has 0 radical (unpaired) electrons. The largest absolute Gasteiger partial charge is 0.497 e. The van der Waals surface area contributed by atoms with Crippen molar-refractivity contribution in [3.05, 3.63) is 29.8 Å². The first-order chi connectivity index (χ1) is 11.3. The standard InChI is InChI=1S/C20H31NO2/c1-22-17-12-10-16(11-13-17)20(23-2)18-8-4-5-9-19(18)21-14-6-3-7-15-21/h10-13,18-20H,3-9,14-15H2,1-2H3/t18-,19+,20+/m1/s1. The zero-order chi connectivity index (χ0) is 16.1. The molecule has 1 heterocycles. The van der Waals surface area contributed by atoms with Gasteiger partial charge >= 0.3 is 0 Å². The second-order valence-corrected chi connectivity index (χ2v) is 7.04. The zero-order valence-electron chi connectivity index (χ0n) is 14.7. The zero-order valence-corrected chi connectivity index (χ0v) is 14.7. The van der Waals surface area contributed by atoms with Crippen LogP contribution in [0.3, 0.4) is 0 Å². The van der Waals surface area contributed by atoms with Gasteiger partial charge in [0.05, 0.1) is 13.2 Å². The number of hydrogen-bond acceptors (Lipinski definition) is 3. The van der Waals surface area contributed by atoms with Gasteiger partial charge in [0.15, 0.2) is 0 Å². The van der Waals surface area contributed by atoms with E-state index in [-0.39, 0.29) is 6.10 Å². The average Bonchev–Trinajstić information content (AvgIpc) is 2.64. The third kappa shape index (κ3) is 3.89. The number of piperidine rings is 1. The molecule has 3 atom stereocenters. The van der Waals surface area contributed by atoms with Crippen molar-refractivity contribution in [3.63, 3.8) is 0 Å². The van der Waals surface area contributed by atoms with Gasteiger partial charge in [0.25, 0.3) is 0 Å². The van der Waals surface area contributed by atoms with Gasteiger partial charge in [-0.2, -0.15) is 0 Å². The van der Waals surface area contributed by atoms with Crippen LogP contribution < -0.4 is 4.74 Å². The topological polar surface area (TPSA) is 21.7 Å². The maximum absolute atomic E-state index is 6.00. The Kier molecular flexibility index (Phi) is 5.96. The highest BCUT2D eigenvalue weighted by Gasteiger charge is 2.36. The van der Waals surface area contributed by atoms with Crippen LogP contribution in [-0.2, 0) is 4.74 Å². The molecule has 2 aliphatic rings. The molecule has 0 spiro atoms. The van der Waals surface area contributed by atoms with Gasteiger partial charge < -0.3 is 14.4 Å². The van der Waals surface area contributed by atoms with Crippen LogP contribution in [0, 0.1) is 5.92 Å². The molecule has 0 N–H and O–H groups in total. The molecule has 0 unspecified atom stereocenters. The van der Waals surface area contributed by atoms with Gasteiger partial charge in [-0.1, -0.05) is 31.4 Å². The predicted octanol–water partition coefficient (Wildman–Crippen LogP) is 4.43. The van der Waals surface area contributed by atoms with Crippen molar-refractivity contribution in [2.24, 2.45) is 5.92 Å². The van der Waals surface area contributed by atoms with E-state index in [0.29, 0.717) is 12.0 Å². The van der Waals surface area contributed by atoms with Crippen LogP contribution in [0.4, 0.5) is 0 Å². The molecular formula is C20H31NO2. The Bertz CT molecular complexity index is 467. The molecule has 1 aromatic rings. The summed E-state index contributed by atoms with van der Waals surface area (Å²) in [6, 6.07) is 9.15. The van der Waals surface area contributed by atoms with Gasteiger partial charge in [-0.15, -0.1) is 0 Å². The van der Waals surface area contributed by atoms with Crippen LogP contribution in [0.15, 0.2) is 24.3 Å². The molecule has 1 aromatic carbocycles. The average molecular weight is 317 g/mol. The Morgan fingerprint density at radius 2 is 1.61 bits per heavy atom. The number of ether oxygens (including phenoxy) is 2. The Hall–Kier alpha value is -1.06. The summed E-state index contributed by atoms with van der Waals surface area (Å²) >= 11 is 0. The van der Waals surface area contributed by atoms with Crippen LogP contribution in [-0.4, -0.2) is 38.3 Å². The van der Waals surface area contributed by atoms with E-state index >= 15 is 0 Å². The molecule has 0 amide bonds. The fraction of sp³-hybridized carbons (Fsp3) is 0.700. The summed E-state index contributed by atoms with van der Waals surface area (Å²) in [6.07, 6.45) is 9.66. The van der Waals surface area contributed by atoms with Gasteiger partial charge in [0.2, 0.25) is 0 Å². The number of nitrogens with zero attached hydrogens (tertiary/aromatic N) is 1. The molecule has 0 aromatic heterocycles. The lowest BCUT2D eigenvalue weighted by molar-refractivity contribution is -0.0204. The summed E-state index contributed by atoms with van der Waals surface area (Å²) in [5.74, 6) is 1.53. The fourth-order valence-electron chi connectivity index (χ4n) is 4.55. The molecule has 1 saturated carbocycles. The van der Waals surface area contributed by atoms with E-state index in [2.05, 4.69) is 29.2 Å². The number of benzene rings is 1. The van der Waals surface area contributed by atoms with Crippen LogP contribution in [0.1, 0.15) is 56.6 Å². The van der Waals surface area contributed by atoms with Crippen LogP contribution in [0.25, 0.3) is 0 Å². The molecule has 3 heteroatoms. The highest BCUT2D eigenvalue weighted by Crippen LogP contribution is 2.40. The van der Waals surface area contributed by atoms with Crippen molar-refractivity contribution in [3.8, 4) is 5.75 Å². The van der Waals surface area contributed by atoms with E-state index in [4.69, 9.17) is 9.47 Å². The predicted molar refractivity (Wildman–Crippen MR) is 93.9 cm³/mol. The summed E-state index contributed by atoms with van der Waals surface area (Å²) in [4.78, 5) is 2.75. The Morgan fingerprint density at radius 1 is 0.913 bits per heavy atom. The van der Waals surface area contributed by atoms with Crippen molar-refractivity contribution in [1.82, 2.24) is 4.90 Å². The van der Waals surface area contributed by atoms with Crippen molar-refractivity contribution < 1.29 is 9.47 Å². The third-order valence-corrected chi connectivity index (χ3v) is 5.73. The molecule has 3 nitrogen and oxygen atoms in total. The Labute approximate surface area is 141 Å². The lowest BCUT2D eigenvalue weighted by atomic mass is 9.77. The van der Waals surface area contributed by atoms with E-state index in [0.717, 1.165) is 5.75 Å². The molecule has 2 fully saturated rings. The van der Waals surface area contributed by atoms with Crippen LogP contribution in [0.2, 0.25) is 0 Å². The first-order valence-corrected chi connectivity index (χ1v) is 9.24. The lowest BCUT2D eigenvalue weighted by Gasteiger charge is -2.44. The van der Waals surface area contributed by atoms with Crippen molar-refractivity contribution in [1.29, 1.82) is 0 Å². The molecule has 0 bridgehead atoms. The van der Waals surface area contributed by atoms with E-state index in [9.17, 15) is 0 Å². The van der Waals surface area contributed by atoms with E-state index < -0.39 is 0 Å². The highest BCUT2D eigenvalue weighted by molar-refractivity contribution is 5.29. The SMILES string of the molecule is COc1ccc([C@H](OC)[C@@H]2CCCC[C@@H]2N2CCCCC2)cc1. The number of likely N-dealkylation sites (tertiary alicyclic amines) is 1. The first-order valence-electron chi connectivity index (χ1n) is 9.24. The molecule has 23 heavy (non-hydrogen) atoms. The monoisotopic (exact) mass is 317 g/mol. The summed E-state index contributed by atoms with van der Waals surface area (Å²) in [5, 5.41) is 0. The first kappa shape index (κ1) is 16.8. The van der Waals surface area contributed by atoms with Gasteiger partial charge in [0, 0.05) is 19.1 Å². The van der Waals surface area contributed by atoms with Crippen molar-refractivity contribution in [2.45, 2.75) is 57.1 Å². The normalized spacial score (nSPS) is 27.6. The minimum absolute atomic E-state index is 0.202. The second kappa shape index (κ2) is 8.16. The second-order valence-electron chi connectivity index (χ2n) is 7.04. The Balaban J connectivity index is 1.78. The molecular weight excluding hydrogens is 286 g/mol. The molecule has 3 rings (SSSR count). The van der Waals surface area contributed by atoms with Crippen LogP contribution in [0.5, 0.6) is 5.75 Å². The number of methoxy groups -OCH3 is 2. The maximum atomic E-state index is 6.00. The van der Waals surface area contributed by atoms with Gasteiger partial charge in [-0.05, 0) is 56.5 Å². The maximum Gasteiger partial charge on any atom is 0.118 e. The third-order valence-electron chi connectivity index (χ3n) is 5.73. The number of hydrogen-bond donors (Lipinski definition) is 0. The quantitative estimate of drug-likeness (QED) is 0.802. The van der Waals surface area contributed by atoms with Crippen molar-refractivity contribution >= 4 is 0 Å². The molecule has 128 valence electrons. The minimum Gasteiger partial charge on any atom is -0.497 e. The van der Waals surface area contributed by atoms with Crippen molar-refractivity contribution in [2.75, 3.05) is 27.3 Å². The molecule has 1 aliphatic heterocycles. The van der Waals surface area contributed by atoms with Gasteiger partial charge in [-0.25, -0.2) is 0 Å². The van der Waals surface area contributed by atoms with E-state index in [1.165, 1.54) is 63.6 Å². The van der Waals surface area contributed by atoms with E-state index in [1.807, 2.05) is 7.11 Å². The van der Waals surface area contributed by atoms with Crippen LogP contribution >= 0.6 is 0 Å². The lowest BCUT2D eigenvalue weighted by Crippen LogP contribution is -2.47. The van der Waals surface area contributed by atoms with E-state index in [1.54, 1.807) is 7.11 Å². The van der Waals surface area contributed by atoms with Gasteiger partial charge in [-0.3, -0.25) is 0 Å². The molecule has 1 aliphatic carbocycles. The smallest absolute Gasteiger partial charge is 0.118 e. The molecule has 1 saturated heterocycles. The fourth-order valence-corrected chi connectivity index (χ4v) is 4.55. The summed E-state index contributed by atoms with van der Waals surface area (Å²) in [6.45, 7) is 2.56. The van der Waals surface area contributed by atoms with Gasteiger partial charge in [0.1, 0.15) is 5.75 Å². The summed E-state index contributed by atoms with van der Waals surface area (Å²) in [5.41, 5.74) is 1.29. The Morgan fingerprint density at radius 3 is 2.26 bits per heavy atom. The highest BCUT2D eigenvalue weighted by atomic mass is 16.5. The summed E-state index contributed by atoms with van der Waals surface area (Å²) < 4.78 is 11.3. The number of rotatable bonds is 5. The summed E-state index contributed by atoms with van der Waals surface area (Å²) in [7, 11) is 3.59. The minimum atomic E-state index is 0.202.